The number of halogens is 1. The average Bonchev–Trinajstić information content (AvgIpc) is 3.15. The van der Waals surface area contributed by atoms with Gasteiger partial charge in [0.1, 0.15) is 0 Å². The number of rotatable bonds is 9. The minimum absolute atomic E-state index is 0.0439. The molecule has 0 aliphatic rings. The van der Waals surface area contributed by atoms with Crippen molar-refractivity contribution in [3.63, 3.8) is 0 Å². The van der Waals surface area contributed by atoms with Gasteiger partial charge in [0.25, 0.3) is 0 Å². The molecule has 1 N–H and O–H groups in total. The second-order valence-corrected chi connectivity index (χ2v) is 7.85. The second-order valence-electron chi connectivity index (χ2n) is 6.47. The van der Waals surface area contributed by atoms with Crippen molar-refractivity contribution >= 4 is 29.3 Å². The molecule has 1 amide bonds. The zero-order valence-electron chi connectivity index (χ0n) is 16.4. The van der Waals surface area contributed by atoms with Gasteiger partial charge < -0.3 is 10.1 Å². The Bertz CT molecular complexity index is 942. The second kappa shape index (κ2) is 10.4. The Hall–Kier alpha value is -2.35. The molecule has 3 rings (SSSR count). The van der Waals surface area contributed by atoms with Crippen LogP contribution in [0.5, 0.6) is 0 Å². The molecule has 0 bridgehead atoms. The van der Waals surface area contributed by atoms with Crippen LogP contribution in [0, 0.1) is 6.92 Å². The number of aryl methyl sites for hydroxylation is 1. The number of nitrogens with one attached hydrogen (secondary N) is 1. The van der Waals surface area contributed by atoms with Gasteiger partial charge in [-0.05, 0) is 49.7 Å². The third-order valence-electron chi connectivity index (χ3n) is 4.21. The Morgan fingerprint density at radius 2 is 1.86 bits per heavy atom. The summed E-state index contributed by atoms with van der Waals surface area (Å²) in [7, 11) is 1.65. The molecule has 0 aliphatic carbocycles. The van der Waals surface area contributed by atoms with E-state index in [9.17, 15) is 4.79 Å². The van der Waals surface area contributed by atoms with Gasteiger partial charge in [-0.1, -0.05) is 41.1 Å². The SMILES string of the molecule is COCCCNC(=O)CSc1nnc(-c2ccc(Cl)cc2)n1-c1ccc(C)cc1. The summed E-state index contributed by atoms with van der Waals surface area (Å²) >= 11 is 7.38. The highest BCUT2D eigenvalue weighted by atomic mass is 35.5. The molecule has 0 saturated carbocycles. The van der Waals surface area contributed by atoms with E-state index in [2.05, 4.69) is 15.5 Å². The van der Waals surface area contributed by atoms with Crippen LogP contribution < -0.4 is 5.32 Å². The van der Waals surface area contributed by atoms with Crippen molar-refractivity contribution in [3.05, 3.63) is 59.1 Å². The number of amides is 1. The molecule has 2 aromatic carbocycles. The monoisotopic (exact) mass is 430 g/mol. The third kappa shape index (κ3) is 5.82. The average molecular weight is 431 g/mol. The van der Waals surface area contributed by atoms with E-state index in [4.69, 9.17) is 16.3 Å². The van der Waals surface area contributed by atoms with Crippen molar-refractivity contribution in [3.8, 4) is 17.1 Å². The predicted octanol–water partition coefficient (Wildman–Crippen LogP) is 4.14. The molecule has 8 heteroatoms. The molecule has 0 spiro atoms. The lowest BCUT2D eigenvalue weighted by atomic mass is 10.2. The molecule has 0 aliphatic heterocycles. The number of carbonyl (C=O) groups excluding carboxylic acids is 1. The van der Waals surface area contributed by atoms with Gasteiger partial charge >= 0.3 is 0 Å². The van der Waals surface area contributed by atoms with E-state index in [0.717, 1.165) is 17.7 Å². The van der Waals surface area contributed by atoms with Crippen molar-refractivity contribution in [2.45, 2.75) is 18.5 Å². The van der Waals surface area contributed by atoms with Crippen molar-refractivity contribution in [1.29, 1.82) is 0 Å². The number of hydrogen-bond acceptors (Lipinski definition) is 5. The first kappa shape index (κ1) is 21.4. The van der Waals surface area contributed by atoms with E-state index in [-0.39, 0.29) is 11.7 Å². The van der Waals surface area contributed by atoms with E-state index in [0.29, 0.717) is 29.2 Å². The molecule has 152 valence electrons. The zero-order valence-corrected chi connectivity index (χ0v) is 18.0. The first-order chi connectivity index (χ1) is 14.1. The summed E-state index contributed by atoms with van der Waals surface area (Å²) < 4.78 is 6.96. The number of hydrogen-bond donors (Lipinski definition) is 1. The van der Waals surface area contributed by atoms with Crippen LogP contribution in [0.15, 0.2) is 53.7 Å². The van der Waals surface area contributed by atoms with Crippen LogP contribution in [0.1, 0.15) is 12.0 Å². The molecule has 6 nitrogen and oxygen atoms in total. The summed E-state index contributed by atoms with van der Waals surface area (Å²) in [6.45, 7) is 3.26. The molecule has 0 radical (unpaired) electrons. The Balaban J connectivity index is 1.82. The van der Waals surface area contributed by atoms with E-state index in [1.165, 1.54) is 17.3 Å². The van der Waals surface area contributed by atoms with Crippen molar-refractivity contribution in [2.75, 3.05) is 26.0 Å². The first-order valence-corrected chi connectivity index (χ1v) is 10.6. The fourth-order valence-corrected chi connectivity index (χ4v) is 3.61. The number of nitrogens with zero attached hydrogens (tertiary/aromatic N) is 3. The molecule has 0 saturated heterocycles. The van der Waals surface area contributed by atoms with Gasteiger partial charge in [0, 0.05) is 36.5 Å². The lowest BCUT2D eigenvalue weighted by Crippen LogP contribution is -2.26. The fraction of sp³-hybridized carbons (Fsp3) is 0.286. The van der Waals surface area contributed by atoms with Crippen molar-refractivity contribution < 1.29 is 9.53 Å². The van der Waals surface area contributed by atoms with Gasteiger partial charge in [0.2, 0.25) is 5.91 Å². The van der Waals surface area contributed by atoms with Gasteiger partial charge in [0.15, 0.2) is 11.0 Å². The highest BCUT2D eigenvalue weighted by Gasteiger charge is 2.17. The smallest absolute Gasteiger partial charge is 0.230 e. The van der Waals surface area contributed by atoms with Crippen LogP contribution in [-0.4, -0.2) is 46.7 Å². The Morgan fingerprint density at radius 3 is 2.55 bits per heavy atom. The molecule has 1 aromatic heterocycles. The molecular weight excluding hydrogens is 408 g/mol. The lowest BCUT2D eigenvalue weighted by Gasteiger charge is -2.11. The molecule has 0 fully saturated rings. The van der Waals surface area contributed by atoms with E-state index in [1.54, 1.807) is 7.11 Å². The highest BCUT2D eigenvalue weighted by molar-refractivity contribution is 7.99. The largest absolute Gasteiger partial charge is 0.385 e. The Morgan fingerprint density at radius 1 is 1.14 bits per heavy atom. The summed E-state index contributed by atoms with van der Waals surface area (Å²) in [6.07, 6.45) is 0.785. The molecule has 3 aromatic rings. The van der Waals surface area contributed by atoms with Crippen LogP contribution >= 0.6 is 23.4 Å². The van der Waals surface area contributed by atoms with Crippen molar-refractivity contribution in [2.24, 2.45) is 0 Å². The van der Waals surface area contributed by atoms with Crippen LogP contribution in [0.3, 0.4) is 0 Å². The molecule has 0 atom stereocenters. The van der Waals surface area contributed by atoms with Gasteiger partial charge in [-0.15, -0.1) is 10.2 Å². The third-order valence-corrected chi connectivity index (χ3v) is 5.39. The maximum atomic E-state index is 12.1. The van der Waals surface area contributed by atoms with E-state index < -0.39 is 0 Å². The Kier molecular flexibility index (Phi) is 7.69. The molecule has 0 unspecified atom stereocenters. The lowest BCUT2D eigenvalue weighted by molar-refractivity contribution is -0.118. The zero-order chi connectivity index (χ0) is 20.6. The topological polar surface area (TPSA) is 69.0 Å². The first-order valence-electron chi connectivity index (χ1n) is 9.25. The van der Waals surface area contributed by atoms with Crippen LogP contribution in [-0.2, 0) is 9.53 Å². The number of carbonyl (C=O) groups is 1. The quantitative estimate of drug-likeness (QED) is 0.408. The minimum Gasteiger partial charge on any atom is -0.385 e. The van der Waals surface area contributed by atoms with Crippen LogP contribution in [0.2, 0.25) is 5.02 Å². The standard InChI is InChI=1S/C21H23ClN4O2S/c1-15-4-10-18(11-5-15)26-20(16-6-8-17(22)9-7-16)24-25-21(26)29-14-19(27)23-12-3-13-28-2/h4-11H,3,12-14H2,1-2H3,(H,23,27). The molecule has 1 heterocycles. The normalized spacial score (nSPS) is 10.9. The maximum absolute atomic E-state index is 12.1. The number of methoxy groups -OCH3 is 1. The van der Waals surface area contributed by atoms with Gasteiger partial charge in [-0.25, -0.2) is 0 Å². The number of ether oxygens (including phenoxy) is 1. The van der Waals surface area contributed by atoms with Crippen molar-refractivity contribution in [1.82, 2.24) is 20.1 Å². The summed E-state index contributed by atoms with van der Waals surface area (Å²) in [4.78, 5) is 12.1. The van der Waals surface area contributed by atoms with Gasteiger partial charge in [0.05, 0.1) is 5.75 Å². The fourth-order valence-electron chi connectivity index (χ4n) is 2.70. The minimum atomic E-state index is -0.0439. The number of thioether (sulfide) groups is 1. The summed E-state index contributed by atoms with van der Waals surface area (Å²) in [5.74, 6) is 0.920. The van der Waals surface area contributed by atoms with Gasteiger partial charge in [-0.3, -0.25) is 9.36 Å². The van der Waals surface area contributed by atoms with Crippen LogP contribution in [0.4, 0.5) is 0 Å². The predicted molar refractivity (Wildman–Crippen MR) is 117 cm³/mol. The van der Waals surface area contributed by atoms with Gasteiger partial charge in [-0.2, -0.15) is 0 Å². The number of aromatic nitrogens is 3. The van der Waals surface area contributed by atoms with Crippen LogP contribution in [0.25, 0.3) is 17.1 Å². The summed E-state index contributed by atoms with van der Waals surface area (Å²) in [6, 6.07) is 15.6. The van der Waals surface area contributed by atoms with E-state index in [1.807, 2.05) is 60.0 Å². The highest BCUT2D eigenvalue weighted by Crippen LogP contribution is 2.28. The number of benzene rings is 2. The Labute approximate surface area is 179 Å². The molecular formula is C21H23ClN4O2S. The van der Waals surface area contributed by atoms with E-state index >= 15 is 0 Å². The summed E-state index contributed by atoms with van der Waals surface area (Å²) in [5, 5.41) is 12.9. The summed E-state index contributed by atoms with van der Waals surface area (Å²) in [5.41, 5.74) is 3.01. The maximum Gasteiger partial charge on any atom is 0.230 e. The molecule has 29 heavy (non-hydrogen) atoms.